The van der Waals surface area contributed by atoms with Crippen LogP contribution in [0.3, 0.4) is 0 Å². The molecule has 0 bridgehead atoms. The molecule has 1 atom stereocenters. The van der Waals surface area contributed by atoms with Crippen LogP contribution in [-0.4, -0.2) is 55.2 Å². The number of aromatic nitrogens is 1. The second-order valence-corrected chi connectivity index (χ2v) is 7.39. The fraction of sp³-hybridized carbons (Fsp3) is 0.700. The van der Waals surface area contributed by atoms with Gasteiger partial charge in [-0.1, -0.05) is 11.3 Å². The molecular formula is C10H17N3O3S2. The zero-order chi connectivity index (χ0) is 13.3. The molecule has 1 unspecified atom stereocenters. The van der Waals surface area contributed by atoms with Crippen LogP contribution in [0.4, 0.5) is 5.13 Å². The first-order valence-electron chi connectivity index (χ1n) is 5.72. The molecule has 0 spiro atoms. The maximum atomic E-state index is 11.4. The van der Waals surface area contributed by atoms with Crippen LogP contribution in [0.15, 0.2) is 6.20 Å². The Morgan fingerprint density at radius 1 is 1.39 bits per heavy atom. The molecule has 18 heavy (non-hydrogen) atoms. The Morgan fingerprint density at radius 2 is 2.00 bits per heavy atom. The molecule has 1 aromatic heterocycles. The number of anilines is 1. The Bertz CT molecular complexity index is 504. The topological polar surface area (TPSA) is 73.7 Å². The molecule has 1 aliphatic rings. The Morgan fingerprint density at radius 3 is 2.44 bits per heavy atom. The maximum absolute atomic E-state index is 11.4. The molecule has 0 saturated carbocycles. The summed E-state index contributed by atoms with van der Waals surface area (Å²) in [5.74, 6) is 0. The van der Waals surface area contributed by atoms with Crippen molar-refractivity contribution in [3.05, 3.63) is 11.1 Å². The average Bonchev–Trinajstić information content (AvgIpc) is 2.77. The first kappa shape index (κ1) is 13.7. The highest BCUT2D eigenvalue weighted by Crippen LogP contribution is 2.27. The van der Waals surface area contributed by atoms with Crippen molar-refractivity contribution in [2.24, 2.45) is 0 Å². The van der Waals surface area contributed by atoms with Gasteiger partial charge in [-0.2, -0.15) is 4.31 Å². The van der Waals surface area contributed by atoms with Gasteiger partial charge in [-0.3, -0.25) is 0 Å². The van der Waals surface area contributed by atoms with E-state index in [1.807, 2.05) is 0 Å². The van der Waals surface area contributed by atoms with Gasteiger partial charge in [0.15, 0.2) is 5.13 Å². The van der Waals surface area contributed by atoms with Crippen molar-refractivity contribution in [1.82, 2.24) is 9.29 Å². The first-order chi connectivity index (χ1) is 8.38. The fourth-order valence-electron chi connectivity index (χ4n) is 1.83. The van der Waals surface area contributed by atoms with Gasteiger partial charge < -0.3 is 10.0 Å². The number of aliphatic hydroxyl groups excluding tert-OH is 1. The van der Waals surface area contributed by atoms with Gasteiger partial charge in [0.1, 0.15) is 0 Å². The van der Waals surface area contributed by atoms with Crippen LogP contribution < -0.4 is 4.90 Å². The normalized spacial score (nSPS) is 20.1. The van der Waals surface area contributed by atoms with Gasteiger partial charge in [0.25, 0.3) is 0 Å². The number of piperazine rings is 1. The third-order valence-electron chi connectivity index (χ3n) is 2.90. The monoisotopic (exact) mass is 291 g/mol. The van der Waals surface area contributed by atoms with Crippen LogP contribution in [0.2, 0.25) is 0 Å². The third kappa shape index (κ3) is 3.00. The van der Waals surface area contributed by atoms with Crippen molar-refractivity contribution < 1.29 is 13.5 Å². The summed E-state index contributed by atoms with van der Waals surface area (Å²) in [6.45, 7) is 3.96. The lowest BCUT2D eigenvalue weighted by Gasteiger charge is -2.32. The van der Waals surface area contributed by atoms with Crippen LogP contribution in [0.5, 0.6) is 0 Å². The second-order valence-electron chi connectivity index (χ2n) is 4.37. The zero-order valence-corrected chi connectivity index (χ0v) is 12.0. The second kappa shape index (κ2) is 5.12. The molecular weight excluding hydrogens is 274 g/mol. The maximum Gasteiger partial charge on any atom is 0.211 e. The van der Waals surface area contributed by atoms with Crippen molar-refractivity contribution in [3.63, 3.8) is 0 Å². The molecule has 2 rings (SSSR count). The van der Waals surface area contributed by atoms with Crippen molar-refractivity contribution in [1.29, 1.82) is 0 Å². The average molecular weight is 291 g/mol. The van der Waals surface area contributed by atoms with Crippen molar-refractivity contribution in [2.45, 2.75) is 13.0 Å². The van der Waals surface area contributed by atoms with Crippen LogP contribution in [0, 0.1) is 0 Å². The summed E-state index contributed by atoms with van der Waals surface area (Å²) in [7, 11) is -3.09. The van der Waals surface area contributed by atoms with E-state index >= 15 is 0 Å². The van der Waals surface area contributed by atoms with Gasteiger partial charge in [0.2, 0.25) is 10.0 Å². The van der Waals surface area contributed by atoms with E-state index in [4.69, 9.17) is 0 Å². The largest absolute Gasteiger partial charge is 0.388 e. The summed E-state index contributed by atoms with van der Waals surface area (Å²) >= 11 is 1.45. The summed E-state index contributed by atoms with van der Waals surface area (Å²) < 4.78 is 24.2. The molecule has 102 valence electrons. The van der Waals surface area contributed by atoms with Gasteiger partial charge in [-0.15, -0.1) is 0 Å². The van der Waals surface area contributed by atoms with Crippen molar-refractivity contribution in [2.75, 3.05) is 37.3 Å². The highest BCUT2D eigenvalue weighted by Gasteiger charge is 2.24. The molecule has 8 heteroatoms. The molecule has 1 fully saturated rings. The minimum Gasteiger partial charge on any atom is -0.388 e. The number of thiazole rings is 1. The van der Waals surface area contributed by atoms with E-state index in [2.05, 4.69) is 9.88 Å². The fourth-order valence-corrected chi connectivity index (χ4v) is 3.56. The first-order valence-corrected chi connectivity index (χ1v) is 8.38. The van der Waals surface area contributed by atoms with Gasteiger partial charge in [-0.05, 0) is 6.92 Å². The van der Waals surface area contributed by atoms with Crippen LogP contribution in [0.1, 0.15) is 17.9 Å². The number of hydrogen-bond acceptors (Lipinski definition) is 6. The van der Waals surface area contributed by atoms with E-state index < -0.39 is 16.1 Å². The van der Waals surface area contributed by atoms with E-state index in [-0.39, 0.29) is 0 Å². The molecule has 0 amide bonds. The van der Waals surface area contributed by atoms with Gasteiger partial charge in [-0.25, -0.2) is 13.4 Å². The molecule has 0 aromatic carbocycles. The van der Waals surface area contributed by atoms with E-state index in [1.54, 1.807) is 13.1 Å². The lowest BCUT2D eigenvalue weighted by Crippen LogP contribution is -2.48. The molecule has 1 aromatic rings. The molecule has 0 radical (unpaired) electrons. The SMILES string of the molecule is CC(O)c1cnc(N2CCN(S(C)(=O)=O)CC2)s1. The number of rotatable bonds is 3. The third-order valence-corrected chi connectivity index (χ3v) is 5.43. The van der Waals surface area contributed by atoms with E-state index in [0.29, 0.717) is 26.2 Å². The van der Waals surface area contributed by atoms with Crippen molar-refractivity contribution >= 4 is 26.5 Å². The molecule has 2 heterocycles. The predicted molar refractivity (Wildman–Crippen MR) is 71.4 cm³/mol. The Labute approximate surface area is 111 Å². The molecule has 1 aliphatic heterocycles. The zero-order valence-electron chi connectivity index (χ0n) is 10.4. The number of sulfonamides is 1. The molecule has 0 aliphatic carbocycles. The summed E-state index contributed by atoms with van der Waals surface area (Å²) in [5.41, 5.74) is 0. The van der Waals surface area contributed by atoms with Crippen LogP contribution in [-0.2, 0) is 10.0 Å². The van der Waals surface area contributed by atoms with E-state index in [9.17, 15) is 13.5 Å². The summed E-state index contributed by atoms with van der Waals surface area (Å²) in [6, 6.07) is 0. The standard InChI is InChI=1S/C10H17N3O3S2/c1-8(14)9-7-11-10(17-9)12-3-5-13(6-4-12)18(2,15)16/h7-8,14H,3-6H2,1-2H3. The van der Waals surface area contributed by atoms with Crippen molar-refractivity contribution in [3.8, 4) is 0 Å². The number of nitrogens with zero attached hydrogens (tertiary/aromatic N) is 3. The predicted octanol–water partition coefficient (Wildman–Crippen LogP) is 0.278. The quantitative estimate of drug-likeness (QED) is 0.866. The van der Waals surface area contributed by atoms with Crippen LogP contribution in [0.25, 0.3) is 0 Å². The smallest absolute Gasteiger partial charge is 0.211 e. The highest BCUT2D eigenvalue weighted by molar-refractivity contribution is 7.88. The van der Waals surface area contributed by atoms with Gasteiger partial charge in [0.05, 0.1) is 17.2 Å². The Kier molecular flexibility index (Phi) is 3.90. The van der Waals surface area contributed by atoms with E-state index in [0.717, 1.165) is 10.0 Å². The summed E-state index contributed by atoms with van der Waals surface area (Å²) in [5, 5.41) is 10.3. The van der Waals surface area contributed by atoms with Crippen LogP contribution >= 0.6 is 11.3 Å². The minimum absolute atomic E-state index is 0.489. The Balaban J connectivity index is 2.01. The molecule has 1 N–H and O–H groups in total. The van der Waals surface area contributed by atoms with Gasteiger partial charge >= 0.3 is 0 Å². The number of hydrogen-bond donors (Lipinski definition) is 1. The van der Waals surface area contributed by atoms with Gasteiger partial charge in [0, 0.05) is 32.4 Å². The summed E-state index contributed by atoms with van der Waals surface area (Å²) in [6.07, 6.45) is 2.40. The molecule has 6 nitrogen and oxygen atoms in total. The lowest BCUT2D eigenvalue weighted by atomic mass is 10.4. The highest BCUT2D eigenvalue weighted by atomic mass is 32.2. The minimum atomic E-state index is -3.09. The lowest BCUT2D eigenvalue weighted by molar-refractivity contribution is 0.203. The number of aliphatic hydroxyl groups is 1. The van der Waals surface area contributed by atoms with E-state index in [1.165, 1.54) is 21.9 Å². The molecule has 1 saturated heterocycles. The Hall–Kier alpha value is -0.700. The summed E-state index contributed by atoms with van der Waals surface area (Å²) in [4.78, 5) is 7.15.